The fourth-order valence-electron chi connectivity index (χ4n) is 2.52. The molecule has 2 aromatic rings. The second-order valence-corrected chi connectivity index (χ2v) is 5.16. The van der Waals surface area contributed by atoms with Crippen LogP contribution >= 0.6 is 0 Å². The molecule has 0 aliphatic heterocycles. The number of nitrogens with two attached hydrogens (primary N) is 1. The molecule has 4 heteroatoms. The summed E-state index contributed by atoms with van der Waals surface area (Å²) in [6, 6.07) is 15.3. The molecule has 0 spiro atoms. The highest BCUT2D eigenvalue weighted by molar-refractivity contribution is 5.86. The Balaban J connectivity index is 1.42. The number of fused-ring (bicyclic) bond motifs is 1. The van der Waals surface area contributed by atoms with Gasteiger partial charge in [-0.3, -0.25) is 4.79 Å². The van der Waals surface area contributed by atoms with Crippen LogP contribution in [-0.4, -0.2) is 19.1 Å². The molecule has 1 aliphatic rings. The van der Waals surface area contributed by atoms with E-state index in [0.29, 0.717) is 18.8 Å². The van der Waals surface area contributed by atoms with Gasteiger partial charge in [0.2, 0.25) is 5.91 Å². The SMILES string of the molecule is Nc1ccc(OCCNC(=O)C2Cc3ccccc32)cc1. The lowest BCUT2D eigenvalue weighted by Gasteiger charge is -2.28. The first-order valence-corrected chi connectivity index (χ1v) is 7.08. The topological polar surface area (TPSA) is 64.3 Å². The van der Waals surface area contributed by atoms with Gasteiger partial charge in [-0.05, 0) is 41.8 Å². The Labute approximate surface area is 123 Å². The quantitative estimate of drug-likeness (QED) is 0.652. The molecule has 0 fully saturated rings. The number of nitrogens with one attached hydrogen (secondary N) is 1. The monoisotopic (exact) mass is 282 g/mol. The Kier molecular flexibility index (Phi) is 3.77. The third-order valence-corrected chi connectivity index (χ3v) is 3.72. The van der Waals surface area contributed by atoms with Crippen molar-refractivity contribution in [3.05, 3.63) is 59.7 Å². The van der Waals surface area contributed by atoms with Crippen molar-refractivity contribution in [3.8, 4) is 5.75 Å². The molecule has 3 N–H and O–H groups in total. The smallest absolute Gasteiger partial charge is 0.228 e. The van der Waals surface area contributed by atoms with Gasteiger partial charge in [0.1, 0.15) is 12.4 Å². The number of anilines is 1. The van der Waals surface area contributed by atoms with E-state index in [9.17, 15) is 4.79 Å². The minimum Gasteiger partial charge on any atom is -0.492 e. The molecule has 3 rings (SSSR count). The zero-order valence-electron chi connectivity index (χ0n) is 11.7. The van der Waals surface area contributed by atoms with E-state index < -0.39 is 0 Å². The van der Waals surface area contributed by atoms with E-state index in [1.165, 1.54) is 5.56 Å². The Morgan fingerprint density at radius 1 is 1.19 bits per heavy atom. The Morgan fingerprint density at radius 3 is 2.71 bits per heavy atom. The third-order valence-electron chi connectivity index (χ3n) is 3.72. The third kappa shape index (κ3) is 2.99. The Bertz CT molecular complexity index is 637. The van der Waals surface area contributed by atoms with Crippen molar-refractivity contribution in [2.24, 2.45) is 0 Å². The first-order valence-electron chi connectivity index (χ1n) is 7.08. The van der Waals surface area contributed by atoms with Crippen LogP contribution in [0.4, 0.5) is 5.69 Å². The molecule has 0 aromatic heterocycles. The normalized spacial score (nSPS) is 15.7. The average molecular weight is 282 g/mol. The van der Waals surface area contributed by atoms with E-state index in [4.69, 9.17) is 10.5 Å². The zero-order chi connectivity index (χ0) is 14.7. The van der Waals surface area contributed by atoms with E-state index in [2.05, 4.69) is 11.4 Å². The maximum atomic E-state index is 12.1. The zero-order valence-corrected chi connectivity index (χ0v) is 11.7. The van der Waals surface area contributed by atoms with Crippen molar-refractivity contribution < 1.29 is 9.53 Å². The summed E-state index contributed by atoms with van der Waals surface area (Å²) in [4.78, 5) is 12.1. The summed E-state index contributed by atoms with van der Waals surface area (Å²) in [6.45, 7) is 0.950. The average Bonchev–Trinajstić information content (AvgIpc) is 2.47. The first kappa shape index (κ1) is 13.5. The number of hydrogen-bond acceptors (Lipinski definition) is 3. The lowest BCUT2D eigenvalue weighted by atomic mass is 9.77. The van der Waals surface area contributed by atoms with Gasteiger partial charge in [-0.25, -0.2) is 0 Å². The molecule has 108 valence electrons. The van der Waals surface area contributed by atoms with Gasteiger partial charge in [-0.15, -0.1) is 0 Å². The highest BCUT2D eigenvalue weighted by atomic mass is 16.5. The molecule has 0 radical (unpaired) electrons. The van der Waals surface area contributed by atoms with E-state index in [0.717, 1.165) is 17.7 Å². The van der Waals surface area contributed by atoms with E-state index in [-0.39, 0.29) is 11.8 Å². The number of rotatable bonds is 5. The van der Waals surface area contributed by atoms with Gasteiger partial charge < -0.3 is 15.8 Å². The van der Waals surface area contributed by atoms with Crippen LogP contribution < -0.4 is 15.8 Å². The molecule has 1 atom stereocenters. The maximum absolute atomic E-state index is 12.1. The number of carbonyl (C=O) groups is 1. The molecule has 0 saturated heterocycles. The molecular formula is C17H18N2O2. The van der Waals surface area contributed by atoms with Gasteiger partial charge in [-0.1, -0.05) is 24.3 Å². The van der Waals surface area contributed by atoms with Crippen molar-refractivity contribution in [1.29, 1.82) is 0 Å². The molecule has 1 amide bonds. The molecule has 1 aliphatic carbocycles. The summed E-state index contributed by atoms with van der Waals surface area (Å²) >= 11 is 0. The summed E-state index contributed by atoms with van der Waals surface area (Å²) < 4.78 is 5.54. The molecule has 1 unspecified atom stereocenters. The van der Waals surface area contributed by atoms with Crippen LogP contribution in [-0.2, 0) is 11.2 Å². The van der Waals surface area contributed by atoms with Crippen molar-refractivity contribution in [2.45, 2.75) is 12.3 Å². The fourth-order valence-corrected chi connectivity index (χ4v) is 2.52. The van der Waals surface area contributed by atoms with Crippen LogP contribution in [0.15, 0.2) is 48.5 Å². The summed E-state index contributed by atoms with van der Waals surface area (Å²) in [6.07, 6.45) is 0.834. The summed E-state index contributed by atoms with van der Waals surface area (Å²) in [5.74, 6) is 0.833. The fraction of sp³-hybridized carbons (Fsp3) is 0.235. The molecular weight excluding hydrogens is 264 g/mol. The van der Waals surface area contributed by atoms with Gasteiger partial charge in [0.05, 0.1) is 12.5 Å². The Morgan fingerprint density at radius 2 is 1.95 bits per heavy atom. The van der Waals surface area contributed by atoms with E-state index in [1.807, 2.05) is 30.3 Å². The summed E-state index contributed by atoms with van der Waals surface area (Å²) in [5, 5.41) is 2.92. The number of nitrogen functional groups attached to an aromatic ring is 1. The summed E-state index contributed by atoms with van der Waals surface area (Å²) in [5.41, 5.74) is 8.73. The van der Waals surface area contributed by atoms with Crippen LogP contribution in [0.3, 0.4) is 0 Å². The van der Waals surface area contributed by atoms with E-state index in [1.54, 1.807) is 12.1 Å². The van der Waals surface area contributed by atoms with Gasteiger partial charge in [0.15, 0.2) is 0 Å². The molecule has 0 saturated carbocycles. The lowest BCUT2D eigenvalue weighted by molar-refractivity contribution is -0.123. The molecule has 4 nitrogen and oxygen atoms in total. The number of hydrogen-bond donors (Lipinski definition) is 2. The summed E-state index contributed by atoms with van der Waals surface area (Å²) in [7, 11) is 0. The number of amides is 1. The van der Waals surface area contributed by atoms with Gasteiger partial charge in [-0.2, -0.15) is 0 Å². The van der Waals surface area contributed by atoms with Crippen LogP contribution in [0.1, 0.15) is 17.0 Å². The Hall–Kier alpha value is -2.49. The predicted octanol–water partition coefficient (Wildman–Crippen LogP) is 2.10. The second kappa shape index (κ2) is 5.87. The second-order valence-electron chi connectivity index (χ2n) is 5.16. The number of benzene rings is 2. The molecule has 2 aromatic carbocycles. The minimum atomic E-state index is -0.00211. The van der Waals surface area contributed by atoms with Crippen LogP contribution in [0.25, 0.3) is 0 Å². The molecule has 21 heavy (non-hydrogen) atoms. The van der Waals surface area contributed by atoms with Crippen LogP contribution in [0, 0.1) is 0 Å². The number of carbonyl (C=O) groups excluding carboxylic acids is 1. The van der Waals surface area contributed by atoms with Gasteiger partial charge in [0.25, 0.3) is 0 Å². The van der Waals surface area contributed by atoms with Crippen molar-refractivity contribution >= 4 is 11.6 Å². The lowest BCUT2D eigenvalue weighted by Crippen LogP contribution is -2.37. The maximum Gasteiger partial charge on any atom is 0.228 e. The number of ether oxygens (including phenoxy) is 1. The van der Waals surface area contributed by atoms with Crippen molar-refractivity contribution in [3.63, 3.8) is 0 Å². The van der Waals surface area contributed by atoms with Crippen LogP contribution in [0.2, 0.25) is 0 Å². The highest BCUT2D eigenvalue weighted by Gasteiger charge is 2.31. The van der Waals surface area contributed by atoms with Gasteiger partial charge >= 0.3 is 0 Å². The van der Waals surface area contributed by atoms with Crippen molar-refractivity contribution in [1.82, 2.24) is 5.32 Å². The first-order chi connectivity index (χ1) is 10.2. The van der Waals surface area contributed by atoms with Crippen molar-refractivity contribution in [2.75, 3.05) is 18.9 Å². The molecule has 0 bridgehead atoms. The molecule has 0 heterocycles. The highest BCUT2D eigenvalue weighted by Crippen LogP contribution is 2.34. The van der Waals surface area contributed by atoms with Crippen LogP contribution in [0.5, 0.6) is 5.75 Å². The standard InChI is InChI=1S/C17H18N2O2/c18-13-5-7-14(8-6-13)21-10-9-19-17(20)16-11-12-3-1-2-4-15(12)16/h1-8,16H,9-11,18H2,(H,19,20). The van der Waals surface area contributed by atoms with Gasteiger partial charge in [0, 0.05) is 5.69 Å². The van der Waals surface area contributed by atoms with E-state index >= 15 is 0 Å². The minimum absolute atomic E-state index is 0.00211. The largest absolute Gasteiger partial charge is 0.492 e. The predicted molar refractivity (Wildman–Crippen MR) is 82.2 cm³/mol.